The van der Waals surface area contributed by atoms with Crippen LogP contribution in [0.5, 0.6) is 0 Å². The molecule has 1 amide bonds. The second-order valence-electron chi connectivity index (χ2n) is 6.36. The van der Waals surface area contributed by atoms with Crippen molar-refractivity contribution in [1.82, 2.24) is 20.4 Å². The first-order valence-corrected chi connectivity index (χ1v) is 8.48. The zero-order valence-electron chi connectivity index (χ0n) is 13.4. The molecule has 124 valence electrons. The molecule has 0 saturated heterocycles. The van der Waals surface area contributed by atoms with Crippen LogP contribution in [0.4, 0.5) is 0 Å². The maximum atomic E-state index is 12.2. The predicted molar refractivity (Wildman–Crippen MR) is 89.7 cm³/mol. The van der Waals surface area contributed by atoms with E-state index in [-0.39, 0.29) is 17.8 Å². The number of carbonyl (C=O) groups is 1. The van der Waals surface area contributed by atoms with Crippen LogP contribution < -0.4 is 5.32 Å². The van der Waals surface area contributed by atoms with Crippen LogP contribution in [0.3, 0.4) is 0 Å². The Morgan fingerprint density at radius 2 is 2.08 bits per heavy atom. The van der Waals surface area contributed by atoms with Gasteiger partial charge in [0.05, 0.1) is 0 Å². The van der Waals surface area contributed by atoms with Crippen molar-refractivity contribution in [3.05, 3.63) is 47.7 Å². The van der Waals surface area contributed by atoms with E-state index < -0.39 is 0 Å². The van der Waals surface area contributed by atoms with Gasteiger partial charge in [-0.05, 0) is 24.5 Å². The number of fused-ring (bicyclic) bond motifs is 1. The molecule has 4 rings (SSSR count). The minimum Gasteiger partial charge on any atom is -0.361 e. The predicted octanol–water partition coefficient (Wildman–Crippen LogP) is 3.20. The van der Waals surface area contributed by atoms with Gasteiger partial charge in [-0.25, -0.2) is 0 Å². The molecule has 1 aliphatic carbocycles. The third-order valence-corrected chi connectivity index (χ3v) is 4.63. The lowest BCUT2D eigenvalue weighted by atomic mass is 9.95. The van der Waals surface area contributed by atoms with E-state index in [0.717, 1.165) is 29.3 Å². The van der Waals surface area contributed by atoms with Crippen molar-refractivity contribution in [3.8, 4) is 0 Å². The SMILES string of the molecule is O=C(NC1CCCCC1)c1nc(Cc2c[nH]c3ccccc23)no1. The Kier molecular flexibility index (Phi) is 4.02. The van der Waals surface area contributed by atoms with Crippen molar-refractivity contribution in [1.29, 1.82) is 0 Å². The van der Waals surface area contributed by atoms with Crippen molar-refractivity contribution < 1.29 is 9.32 Å². The summed E-state index contributed by atoms with van der Waals surface area (Å²) in [4.78, 5) is 19.7. The van der Waals surface area contributed by atoms with E-state index in [9.17, 15) is 4.79 Å². The summed E-state index contributed by atoms with van der Waals surface area (Å²) in [7, 11) is 0. The lowest BCUT2D eigenvalue weighted by molar-refractivity contribution is 0.0883. The molecule has 0 spiro atoms. The van der Waals surface area contributed by atoms with Crippen molar-refractivity contribution >= 4 is 16.8 Å². The smallest absolute Gasteiger partial charge is 0.315 e. The number of amides is 1. The van der Waals surface area contributed by atoms with Gasteiger partial charge in [0.1, 0.15) is 0 Å². The van der Waals surface area contributed by atoms with Crippen molar-refractivity contribution in [2.75, 3.05) is 0 Å². The van der Waals surface area contributed by atoms with E-state index >= 15 is 0 Å². The molecule has 2 aromatic heterocycles. The van der Waals surface area contributed by atoms with Gasteiger partial charge in [-0.1, -0.05) is 42.6 Å². The minimum atomic E-state index is -0.264. The largest absolute Gasteiger partial charge is 0.361 e. The Hall–Kier alpha value is -2.63. The first-order chi connectivity index (χ1) is 11.8. The normalized spacial score (nSPS) is 15.7. The molecular formula is C18H20N4O2. The van der Waals surface area contributed by atoms with Gasteiger partial charge in [0.15, 0.2) is 5.82 Å². The summed E-state index contributed by atoms with van der Waals surface area (Å²) in [5, 5.41) is 8.08. The highest BCUT2D eigenvalue weighted by atomic mass is 16.5. The van der Waals surface area contributed by atoms with Gasteiger partial charge in [-0.15, -0.1) is 0 Å². The second kappa shape index (κ2) is 6.47. The molecule has 1 aliphatic rings. The molecule has 2 N–H and O–H groups in total. The van der Waals surface area contributed by atoms with Gasteiger partial charge in [-0.3, -0.25) is 4.79 Å². The molecule has 3 aromatic rings. The number of H-pyrrole nitrogens is 1. The maximum Gasteiger partial charge on any atom is 0.315 e. The average molecular weight is 324 g/mol. The monoisotopic (exact) mass is 324 g/mol. The molecule has 0 bridgehead atoms. The number of rotatable bonds is 4. The summed E-state index contributed by atoms with van der Waals surface area (Å²) in [6.07, 6.45) is 8.13. The maximum absolute atomic E-state index is 12.2. The number of hydrogen-bond acceptors (Lipinski definition) is 4. The zero-order valence-corrected chi connectivity index (χ0v) is 13.4. The number of aromatic amines is 1. The van der Waals surface area contributed by atoms with Crippen LogP contribution in [-0.4, -0.2) is 27.1 Å². The highest BCUT2D eigenvalue weighted by Crippen LogP contribution is 2.20. The Morgan fingerprint density at radius 3 is 2.96 bits per heavy atom. The number of hydrogen-bond donors (Lipinski definition) is 2. The molecule has 6 heteroatoms. The summed E-state index contributed by atoms with van der Waals surface area (Å²) >= 11 is 0. The van der Waals surface area contributed by atoms with E-state index in [2.05, 4.69) is 26.5 Å². The van der Waals surface area contributed by atoms with Gasteiger partial charge in [0.2, 0.25) is 0 Å². The number of nitrogens with zero attached hydrogens (tertiary/aromatic N) is 2. The fourth-order valence-corrected chi connectivity index (χ4v) is 3.36. The number of para-hydroxylation sites is 1. The van der Waals surface area contributed by atoms with Gasteiger partial charge in [-0.2, -0.15) is 4.98 Å². The molecule has 1 fully saturated rings. The zero-order chi connectivity index (χ0) is 16.4. The van der Waals surface area contributed by atoms with Crippen LogP contribution in [0.1, 0.15) is 54.2 Å². The standard InChI is InChI=1S/C18H20N4O2/c23-17(20-13-6-2-1-3-7-13)18-21-16(22-24-18)10-12-11-19-15-9-5-4-8-14(12)15/h4-5,8-9,11,13,19H,1-3,6-7,10H2,(H,20,23). The van der Waals surface area contributed by atoms with Crippen LogP contribution >= 0.6 is 0 Å². The van der Waals surface area contributed by atoms with Gasteiger partial charge in [0, 0.05) is 29.6 Å². The van der Waals surface area contributed by atoms with E-state index in [0.29, 0.717) is 12.2 Å². The Bertz CT molecular complexity index is 845. The Labute approximate surface area is 139 Å². The quantitative estimate of drug-likeness (QED) is 0.772. The van der Waals surface area contributed by atoms with E-state index in [1.807, 2.05) is 24.4 Å². The summed E-state index contributed by atoms with van der Waals surface area (Å²) in [6.45, 7) is 0. The molecule has 24 heavy (non-hydrogen) atoms. The molecule has 0 atom stereocenters. The van der Waals surface area contributed by atoms with Gasteiger partial charge < -0.3 is 14.8 Å². The van der Waals surface area contributed by atoms with Crippen molar-refractivity contribution in [3.63, 3.8) is 0 Å². The first kappa shape index (κ1) is 14.9. The molecular weight excluding hydrogens is 304 g/mol. The summed E-state index contributed by atoms with van der Waals surface area (Å²) in [6, 6.07) is 8.30. The highest BCUT2D eigenvalue weighted by molar-refractivity contribution is 5.89. The topological polar surface area (TPSA) is 83.8 Å². The molecule has 2 heterocycles. The fraction of sp³-hybridized carbons (Fsp3) is 0.389. The number of benzene rings is 1. The molecule has 1 aromatic carbocycles. The van der Waals surface area contributed by atoms with Crippen molar-refractivity contribution in [2.24, 2.45) is 0 Å². The van der Waals surface area contributed by atoms with E-state index in [4.69, 9.17) is 4.52 Å². The number of nitrogens with one attached hydrogen (secondary N) is 2. The molecule has 6 nitrogen and oxygen atoms in total. The fourth-order valence-electron chi connectivity index (χ4n) is 3.36. The summed E-state index contributed by atoms with van der Waals surface area (Å²) < 4.78 is 5.15. The molecule has 0 radical (unpaired) electrons. The van der Waals surface area contributed by atoms with Crippen LogP contribution in [0.2, 0.25) is 0 Å². The number of carbonyl (C=O) groups excluding carboxylic acids is 1. The lowest BCUT2D eigenvalue weighted by Crippen LogP contribution is -2.36. The first-order valence-electron chi connectivity index (χ1n) is 8.48. The Balaban J connectivity index is 1.45. The average Bonchev–Trinajstić information content (AvgIpc) is 3.24. The second-order valence-corrected chi connectivity index (χ2v) is 6.36. The highest BCUT2D eigenvalue weighted by Gasteiger charge is 2.21. The van der Waals surface area contributed by atoms with Gasteiger partial charge in [0.25, 0.3) is 0 Å². The van der Waals surface area contributed by atoms with Crippen LogP contribution in [0, 0.1) is 0 Å². The van der Waals surface area contributed by atoms with E-state index in [1.54, 1.807) is 0 Å². The lowest BCUT2D eigenvalue weighted by Gasteiger charge is -2.21. The van der Waals surface area contributed by atoms with Crippen LogP contribution in [0.15, 0.2) is 35.0 Å². The summed E-state index contributed by atoms with van der Waals surface area (Å²) in [5.74, 6) is 0.309. The van der Waals surface area contributed by atoms with Crippen LogP contribution in [0.25, 0.3) is 10.9 Å². The third-order valence-electron chi connectivity index (χ3n) is 4.63. The minimum absolute atomic E-state index is 0.0513. The molecule has 0 aliphatic heterocycles. The van der Waals surface area contributed by atoms with Crippen molar-refractivity contribution in [2.45, 2.75) is 44.6 Å². The summed E-state index contributed by atoms with van der Waals surface area (Å²) in [5.41, 5.74) is 2.16. The van der Waals surface area contributed by atoms with Crippen LogP contribution in [-0.2, 0) is 6.42 Å². The Morgan fingerprint density at radius 1 is 1.25 bits per heavy atom. The van der Waals surface area contributed by atoms with E-state index in [1.165, 1.54) is 19.3 Å². The third kappa shape index (κ3) is 3.04. The molecule has 0 unspecified atom stereocenters. The van der Waals surface area contributed by atoms with Gasteiger partial charge >= 0.3 is 11.8 Å². The number of aromatic nitrogens is 3. The molecule has 1 saturated carbocycles.